The minimum Gasteiger partial charge on any atom is -0.349 e. The molecule has 3 heterocycles. The number of rotatable bonds is 5. The zero-order valence-electron chi connectivity index (χ0n) is 20.5. The van der Waals surface area contributed by atoms with Crippen LogP contribution in [0, 0.1) is 12.8 Å². The summed E-state index contributed by atoms with van der Waals surface area (Å²) in [5, 5.41) is 3.48. The van der Waals surface area contributed by atoms with Crippen molar-refractivity contribution in [3.05, 3.63) is 87.3 Å². The Hall–Kier alpha value is -3.66. The predicted octanol–water partition coefficient (Wildman–Crippen LogP) is 5.55. The number of nitrogens with zero attached hydrogens (tertiary/aromatic N) is 4. The Kier molecular flexibility index (Phi) is 7.00. The second-order valence-electron chi connectivity index (χ2n) is 9.59. The standard InChI is InChI=1S/C27H25ClF3N5O2/c1-16-21(12-18(28)13-32-16)25(37)34-19-8-6-17(7-9-19)15-35-22-4-2-3-5-23(22)36(26(35)38)20-10-11-24(33-14-20)27(29,30)31/h2-5,10-14,17,19H,6-9,15H2,1H3,(H,34,37). The summed E-state index contributed by atoms with van der Waals surface area (Å²) < 4.78 is 42.0. The molecule has 0 radical (unpaired) electrons. The van der Waals surface area contributed by atoms with E-state index in [0.717, 1.165) is 37.9 Å². The number of aryl methyl sites for hydroxylation is 1. The lowest BCUT2D eigenvalue weighted by Gasteiger charge is -2.29. The van der Waals surface area contributed by atoms with E-state index in [4.69, 9.17) is 11.6 Å². The summed E-state index contributed by atoms with van der Waals surface area (Å²) >= 11 is 6.00. The zero-order valence-corrected chi connectivity index (χ0v) is 21.3. The molecule has 198 valence electrons. The number of hydrogen-bond acceptors (Lipinski definition) is 4. The zero-order chi connectivity index (χ0) is 27.0. The molecule has 1 N–H and O–H groups in total. The predicted molar refractivity (Wildman–Crippen MR) is 138 cm³/mol. The third-order valence-electron chi connectivity index (χ3n) is 7.05. The minimum atomic E-state index is -4.56. The number of fused-ring (bicyclic) bond motifs is 1. The Labute approximate surface area is 221 Å². The van der Waals surface area contributed by atoms with E-state index in [2.05, 4.69) is 15.3 Å². The van der Waals surface area contributed by atoms with E-state index >= 15 is 0 Å². The smallest absolute Gasteiger partial charge is 0.349 e. The first kappa shape index (κ1) is 26.0. The van der Waals surface area contributed by atoms with E-state index < -0.39 is 11.9 Å². The maximum atomic E-state index is 13.5. The van der Waals surface area contributed by atoms with Gasteiger partial charge in [0.15, 0.2) is 0 Å². The van der Waals surface area contributed by atoms with Gasteiger partial charge in [0, 0.05) is 18.8 Å². The third kappa shape index (κ3) is 5.18. The van der Waals surface area contributed by atoms with Crippen LogP contribution >= 0.6 is 11.6 Å². The highest BCUT2D eigenvalue weighted by atomic mass is 35.5. The summed E-state index contributed by atoms with van der Waals surface area (Å²) in [6, 6.07) is 11.0. The highest BCUT2D eigenvalue weighted by molar-refractivity contribution is 6.30. The number of hydrogen-bond donors (Lipinski definition) is 1. The van der Waals surface area contributed by atoms with Crippen molar-refractivity contribution in [2.45, 2.75) is 51.4 Å². The molecule has 38 heavy (non-hydrogen) atoms. The molecule has 0 atom stereocenters. The van der Waals surface area contributed by atoms with Gasteiger partial charge in [-0.15, -0.1) is 0 Å². The van der Waals surface area contributed by atoms with Crippen molar-refractivity contribution in [2.24, 2.45) is 5.92 Å². The number of imidazole rings is 1. The second kappa shape index (κ2) is 10.2. The van der Waals surface area contributed by atoms with E-state index in [0.29, 0.717) is 33.9 Å². The molecule has 3 aromatic heterocycles. The lowest BCUT2D eigenvalue weighted by molar-refractivity contribution is -0.141. The monoisotopic (exact) mass is 543 g/mol. The molecule has 0 aliphatic heterocycles. The number of para-hydroxylation sites is 2. The number of pyridine rings is 2. The molecule has 1 aliphatic rings. The van der Waals surface area contributed by atoms with Crippen LogP contribution in [0.25, 0.3) is 16.7 Å². The van der Waals surface area contributed by atoms with Gasteiger partial charge >= 0.3 is 11.9 Å². The Morgan fingerprint density at radius 1 is 1.05 bits per heavy atom. The number of halogens is 4. The molecule has 1 aromatic carbocycles. The number of aromatic nitrogens is 4. The van der Waals surface area contributed by atoms with E-state index in [1.54, 1.807) is 29.7 Å². The molecular weight excluding hydrogens is 519 g/mol. The van der Waals surface area contributed by atoms with Crippen LogP contribution in [0.5, 0.6) is 0 Å². The van der Waals surface area contributed by atoms with E-state index in [1.807, 2.05) is 12.1 Å². The number of alkyl halides is 3. The molecule has 1 amide bonds. The van der Waals surface area contributed by atoms with Gasteiger partial charge in [0.05, 0.1) is 39.2 Å². The van der Waals surface area contributed by atoms with Crippen LogP contribution in [0.3, 0.4) is 0 Å². The summed E-state index contributed by atoms with van der Waals surface area (Å²) in [5.41, 5.74) is 1.31. The van der Waals surface area contributed by atoms with Crippen molar-refractivity contribution < 1.29 is 18.0 Å². The van der Waals surface area contributed by atoms with E-state index in [9.17, 15) is 22.8 Å². The van der Waals surface area contributed by atoms with Crippen molar-refractivity contribution in [1.82, 2.24) is 24.4 Å². The van der Waals surface area contributed by atoms with E-state index in [-0.39, 0.29) is 29.2 Å². The van der Waals surface area contributed by atoms with Gasteiger partial charge in [-0.3, -0.25) is 18.9 Å². The molecule has 0 spiro atoms. The summed E-state index contributed by atoms with van der Waals surface area (Å²) in [6.45, 7) is 2.23. The van der Waals surface area contributed by atoms with Crippen molar-refractivity contribution in [3.63, 3.8) is 0 Å². The van der Waals surface area contributed by atoms with Crippen LogP contribution in [0.15, 0.2) is 59.7 Å². The average molecular weight is 544 g/mol. The van der Waals surface area contributed by atoms with Gasteiger partial charge < -0.3 is 5.32 Å². The summed E-state index contributed by atoms with van der Waals surface area (Å²) in [4.78, 5) is 33.9. The molecular formula is C27H25ClF3N5O2. The highest BCUT2D eigenvalue weighted by Gasteiger charge is 2.32. The maximum Gasteiger partial charge on any atom is 0.433 e. The Morgan fingerprint density at radius 3 is 2.42 bits per heavy atom. The van der Waals surface area contributed by atoms with Gasteiger partial charge in [0.1, 0.15) is 5.69 Å². The minimum absolute atomic E-state index is 0.00779. The van der Waals surface area contributed by atoms with Crippen LogP contribution < -0.4 is 11.0 Å². The van der Waals surface area contributed by atoms with Crippen molar-refractivity contribution in [3.8, 4) is 5.69 Å². The molecule has 4 aromatic rings. The van der Waals surface area contributed by atoms with Crippen LogP contribution in [0.1, 0.15) is 47.4 Å². The Bertz CT molecular complexity index is 1540. The summed E-state index contributed by atoms with van der Waals surface area (Å²) in [5.74, 6) is 0.00537. The van der Waals surface area contributed by atoms with Crippen LogP contribution in [0.2, 0.25) is 5.02 Å². The normalized spacial score (nSPS) is 18.0. The topological polar surface area (TPSA) is 81.8 Å². The second-order valence-corrected chi connectivity index (χ2v) is 10.0. The molecule has 0 unspecified atom stereocenters. The van der Waals surface area contributed by atoms with Gasteiger partial charge in [0.25, 0.3) is 5.91 Å². The lowest BCUT2D eigenvalue weighted by Crippen LogP contribution is -2.39. The maximum absolute atomic E-state index is 13.5. The number of nitrogens with one attached hydrogen (secondary N) is 1. The first-order valence-corrected chi connectivity index (χ1v) is 12.7. The van der Waals surface area contributed by atoms with Gasteiger partial charge in [0.2, 0.25) is 0 Å². The first-order valence-electron chi connectivity index (χ1n) is 12.3. The Morgan fingerprint density at radius 2 is 1.76 bits per heavy atom. The largest absolute Gasteiger partial charge is 0.433 e. The van der Waals surface area contributed by atoms with Gasteiger partial charge in [-0.05, 0) is 68.9 Å². The summed E-state index contributed by atoms with van der Waals surface area (Å²) in [7, 11) is 0. The molecule has 1 saturated carbocycles. The molecule has 1 aliphatic carbocycles. The average Bonchev–Trinajstić information content (AvgIpc) is 3.17. The van der Waals surface area contributed by atoms with Crippen molar-refractivity contribution in [1.29, 1.82) is 0 Å². The number of carbonyl (C=O) groups is 1. The first-order chi connectivity index (χ1) is 18.1. The van der Waals surface area contributed by atoms with Gasteiger partial charge in [-0.25, -0.2) is 9.78 Å². The third-order valence-corrected chi connectivity index (χ3v) is 7.26. The van der Waals surface area contributed by atoms with E-state index in [1.165, 1.54) is 16.8 Å². The highest BCUT2D eigenvalue weighted by Crippen LogP contribution is 2.29. The number of carbonyl (C=O) groups excluding carboxylic acids is 1. The molecule has 1 fully saturated rings. The van der Waals surface area contributed by atoms with Gasteiger partial charge in [-0.2, -0.15) is 13.2 Å². The molecule has 5 rings (SSSR count). The van der Waals surface area contributed by atoms with Crippen molar-refractivity contribution >= 4 is 28.5 Å². The Balaban J connectivity index is 1.31. The quantitative estimate of drug-likeness (QED) is 0.358. The molecule has 0 bridgehead atoms. The van der Waals surface area contributed by atoms with Crippen molar-refractivity contribution in [2.75, 3.05) is 0 Å². The summed E-state index contributed by atoms with van der Waals surface area (Å²) in [6.07, 6.45) is 1.17. The lowest BCUT2D eigenvalue weighted by atomic mass is 9.85. The van der Waals surface area contributed by atoms with Crippen LogP contribution in [-0.2, 0) is 12.7 Å². The van der Waals surface area contributed by atoms with Crippen LogP contribution in [0.4, 0.5) is 13.2 Å². The molecule has 11 heteroatoms. The fourth-order valence-electron chi connectivity index (χ4n) is 5.07. The molecule has 7 nitrogen and oxygen atoms in total. The van der Waals surface area contributed by atoms with Crippen LogP contribution in [-0.4, -0.2) is 31.1 Å². The fraction of sp³-hybridized carbons (Fsp3) is 0.333. The number of benzene rings is 1. The number of amides is 1. The fourth-order valence-corrected chi connectivity index (χ4v) is 5.23. The van der Waals surface area contributed by atoms with Gasteiger partial charge in [-0.1, -0.05) is 23.7 Å². The SMILES string of the molecule is Cc1ncc(Cl)cc1C(=O)NC1CCC(Cn2c(=O)n(-c3ccc(C(F)(F)F)nc3)c3ccccc32)CC1. The molecule has 0 saturated heterocycles.